The minimum atomic E-state index is -1.00. The lowest BCUT2D eigenvalue weighted by Crippen LogP contribution is -2.48. The Kier molecular flexibility index (Phi) is 4.32. The Balaban J connectivity index is 2.29. The van der Waals surface area contributed by atoms with E-state index in [0.29, 0.717) is 12.6 Å². The molecule has 4 nitrogen and oxygen atoms in total. The second-order valence-electron chi connectivity index (χ2n) is 4.83. The third-order valence-corrected chi connectivity index (χ3v) is 3.77. The summed E-state index contributed by atoms with van der Waals surface area (Å²) in [7, 11) is 0. The van der Waals surface area contributed by atoms with Gasteiger partial charge in [0.05, 0.1) is 29.3 Å². The Morgan fingerprint density at radius 2 is 2.32 bits per heavy atom. The fourth-order valence-corrected chi connectivity index (χ4v) is 2.61. The van der Waals surface area contributed by atoms with Crippen LogP contribution in [0.3, 0.4) is 0 Å². The second kappa shape index (κ2) is 5.80. The smallest absolute Gasteiger partial charge is 0.337 e. The van der Waals surface area contributed by atoms with Crippen LogP contribution in [0.2, 0.25) is 5.02 Å². The van der Waals surface area contributed by atoms with E-state index in [-0.39, 0.29) is 16.7 Å². The van der Waals surface area contributed by atoms with Gasteiger partial charge in [0.25, 0.3) is 0 Å². The lowest BCUT2D eigenvalue weighted by molar-refractivity contribution is 0.0299. The average molecular weight is 284 g/mol. The van der Waals surface area contributed by atoms with Crippen molar-refractivity contribution in [3.8, 4) is 0 Å². The van der Waals surface area contributed by atoms with Crippen LogP contribution in [0.5, 0.6) is 0 Å². The molecule has 0 aliphatic carbocycles. The maximum atomic E-state index is 11.0. The Morgan fingerprint density at radius 1 is 1.58 bits per heavy atom. The standard InChI is InChI=1S/C14H18ClNO3/c1-3-10-8-19-9(2)7-16(10)11-4-5-12(14(17)18)13(15)6-11/h4-6,9-10H,3,7-8H2,1-2H3,(H,17,18). The molecule has 0 saturated carbocycles. The molecule has 0 spiro atoms. The molecule has 2 rings (SSSR count). The summed E-state index contributed by atoms with van der Waals surface area (Å²) in [6.45, 7) is 5.63. The van der Waals surface area contributed by atoms with Crippen LogP contribution in [0.15, 0.2) is 18.2 Å². The van der Waals surface area contributed by atoms with Crippen molar-refractivity contribution in [2.75, 3.05) is 18.1 Å². The van der Waals surface area contributed by atoms with Gasteiger partial charge in [-0.05, 0) is 31.5 Å². The molecular weight excluding hydrogens is 266 g/mol. The summed E-state index contributed by atoms with van der Waals surface area (Å²) in [5.74, 6) is -1.00. The largest absolute Gasteiger partial charge is 0.478 e. The van der Waals surface area contributed by atoms with E-state index < -0.39 is 5.97 Å². The highest BCUT2D eigenvalue weighted by Crippen LogP contribution is 2.28. The van der Waals surface area contributed by atoms with Crippen LogP contribution in [0.1, 0.15) is 30.6 Å². The fourth-order valence-electron chi connectivity index (χ4n) is 2.35. The summed E-state index contributed by atoms with van der Waals surface area (Å²) < 4.78 is 5.66. The predicted octanol–water partition coefficient (Wildman–Crippen LogP) is 3.04. The Labute approximate surface area is 117 Å². The van der Waals surface area contributed by atoms with E-state index in [1.807, 2.05) is 13.0 Å². The van der Waals surface area contributed by atoms with Gasteiger partial charge in [-0.15, -0.1) is 0 Å². The molecule has 0 radical (unpaired) electrons. The maximum absolute atomic E-state index is 11.0. The van der Waals surface area contributed by atoms with Gasteiger partial charge in [0.15, 0.2) is 0 Å². The first-order chi connectivity index (χ1) is 9.02. The van der Waals surface area contributed by atoms with Gasteiger partial charge in [-0.25, -0.2) is 4.79 Å². The van der Waals surface area contributed by atoms with E-state index >= 15 is 0 Å². The van der Waals surface area contributed by atoms with Gasteiger partial charge in [0.2, 0.25) is 0 Å². The van der Waals surface area contributed by atoms with Crippen molar-refractivity contribution >= 4 is 23.3 Å². The monoisotopic (exact) mass is 283 g/mol. The molecule has 1 saturated heterocycles. The second-order valence-corrected chi connectivity index (χ2v) is 5.23. The lowest BCUT2D eigenvalue weighted by atomic mass is 10.1. The van der Waals surface area contributed by atoms with Crippen LogP contribution in [0, 0.1) is 0 Å². The number of hydrogen-bond donors (Lipinski definition) is 1. The van der Waals surface area contributed by atoms with Gasteiger partial charge in [-0.3, -0.25) is 0 Å². The Morgan fingerprint density at radius 3 is 2.89 bits per heavy atom. The first-order valence-corrected chi connectivity index (χ1v) is 6.81. The number of nitrogens with zero attached hydrogens (tertiary/aromatic N) is 1. The van der Waals surface area contributed by atoms with Crippen LogP contribution in [0.4, 0.5) is 5.69 Å². The number of aromatic carboxylic acids is 1. The van der Waals surface area contributed by atoms with Crippen LogP contribution >= 0.6 is 11.6 Å². The number of halogens is 1. The molecule has 1 N–H and O–H groups in total. The number of hydrogen-bond acceptors (Lipinski definition) is 3. The molecule has 0 bridgehead atoms. The first-order valence-electron chi connectivity index (χ1n) is 6.44. The van der Waals surface area contributed by atoms with Gasteiger partial charge >= 0.3 is 5.97 Å². The molecule has 1 heterocycles. The molecule has 1 aliphatic rings. The number of carboxylic acids is 1. The van der Waals surface area contributed by atoms with E-state index in [4.69, 9.17) is 21.4 Å². The minimum absolute atomic E-state index is 0.139. The molecule has 2 atom stereocenters. The van der Waals surface area contributed by atoms with Crippen LogP contribution in [-0.4, -0.2) is 36.4 Å². The quantitative estimate of drug-likeness (QED) is 0.926. The SMILES string of the molecule is CCC1COC(C)CN1c1ccc(C(=O)O)c(Cl)c1. The number of carboxylic acid groups (broad SMARTS) is 1. The molecular formula is C14H18ClNO3. The lowest BCUT2D eigenvalue weighted by Gasteiger charge is -2.40. The van der Waals surface area contributed by atoms with Gasteiger partial charge < -0.3 is 14.7 Å². The van der Waals surface area contributed by atoms with Crippen molar-refractivity contribution in [2.24, 2.45) is 0 Å². The summed E-state index contributed by atoms with van der Waals surface area (Å²) in [6, 6.07) is 5.41. The maximum Gasteiger partial charge on any atom is 0.337 e. The van der Waals surface area contributed by atoms with Crippen molar-refractivity contribution < 1.29 is 14.6 Å². The predicted molar refractivity (Wildman–Crippen MR) is 75.3 cm³/mol. The number of anilines is 1. The number of rotatable bonds is 3. The zero-order chi connectivity index (χ0) is 14.0. The van der Waals surface area contributed by atoms with Gasteiger partial charge in [-0.1, -0.05) is 18.5 Å². The molecule has 19 heavy (non-hydrogen) atoms. The topological polar surface area (TPSA) is 49.8 Å². The average Bonchev–Trinajstić information content (AvgIpc) is 2.38. The summed E-state index contributed by atoms with van der Waals surface area (Å²) in [5.41, 5.74) is 1.09. The van der Waals surface area contributed by atoms with Crippen molar-refractivity contribution in [1.29, 1.82) is 0 Å². The number of ether oxygens (including phenoxy) is 1. The third kappa shape index (κ3) is 3.01. The molecule has 0 amide bonds. The number of carbonyl (C=O) groups is 1. The molecule has 1 fully saturated rings. The number of morpholine rings is 1. The summed E-state index contributed by atoms with van der Waals surface area (Å²) in [5, 5.41) is 9.27. The van der Waals surface area contributed by atoms with Crippen molar-refractivity contribution in [2.45, 2.75) is 32.4 Å². The van der Waals surface area contributed by atoms with Crippen LogP contribution in [0.25, 0.3) is 0 Å². The molecule has 104 valence electrons. The zero-order valence-corrected chi connectivity index (χ0v) is 11.9. The summed E-state index contributed by atoms with van der Waals surface area (Å²) in [4.78, 5) is 13.2. The van der Waals surface area contributed by atoms with Crippen molar-refractivity contribution in [1.82, 2.24) is 0 Å². The van der Waals surface area contributed by atoms with Crippen molar-refractivity contribution in [3.05, 3.63) is 28.8 Å². The number of benzene rings is 1. The van der Waals surface area contributed by atoms with E-state index in [1.165, 1.54) is 0 Å². The molecule has 1 aromatic carbocycles. The summed E-state index contributed by atoms with van der Waals surface area (Å²) >= 11 is 6.03. The fraction of sp³-hybridized carbons (Fsp3) is 0.500. The van der Waals surface area contributed by atoms with Crippen molar-refractivity contribution in [3.63, 3.8) is 0 Å². The third-order valence-electron chi connectivity index (χ3n) is 3.45. The minimum Gasteiger partial charge on any atom is -0.478 e. The molecule has 5 heteroatoms. The van der Waals surface area contributed by atoms with Gasteiger partial charge in [0, 0.05) is 12.2 Å². The van der Waals surface area contributed by atoms with Gasteiger partial charge in [-0.2, -0.15) is 0 Å². The molecule has 2 unspecified atom stereocenters. The van der Waals surface area contributed by atoms with E-state index in [9.17, 15) is 4.79 Å². The van der Waals surface area contributed by atoms with E-state index in [1.54, 1.807) is 12.1 Å². The first kappa shape index (κ1) is 14.2. The molecule has 0 aromatic heterocycles. The molecule has 1 aliphatic heterocycles. The van der Waals surface area contributed by atoms with Gasteiger partial charge in [0.1, 0.15) is 0 Å². The highest BCUT2D eigenvalue weighted by molar-refractivity contribution is 6.33. The summed E-state index contributed by atoms with van der Waals surface area (Å²) in [6.07, 6.45) is 1.14. The Bertz CT molecular complexity index is 478. The Hall–Kier alpha value is -1.26. The molecule has 1 aromatic rings. The van der Waals surface area contributed by atoms with Crippen LogP contribution in [-0.2, 0) is 4.74 Å². The highest BCUT2D eigenvalue weighted by atomic mass is 35.5. The van der Waals surface area contributed by atoms with Crippen LogP contribution < -0.4 is 4.90 Å². The normalized spacial score (nSPS) is 23.4. The highest BCUT2D eigenvalue weighted by Gasteiger charge is 2.26. The van der Waals surface area contributed by atoms with E-state index in [0.717, 1.165) is 18.7 Å². The zero-order valence-electron chi connectivity index (χ0n) is 11.1. The van der Waals surface area contributed by atoms with E-state index in [2.05, 4.69) is 11.8 Å².